The van der Waals surface area contributed by atoms with Gasteiger partial charge in [0.2, 0.25) is 0 Å². The van der Waals surface area contributed by atoms with Gasteiger partial charge in [-0.1, -0.05) is 6.92 Å². The third kappa shape index (κ3) is 3.47. The highest BCUT2D eigenvalue weighted by molar-refractivity contribution is 5.94. The van der Waals surface area contributed by atoms with E-state index in [2.05, 4.69) is 12.0 Å². The van der Waals surface area contributed by atoms with Crippen molar-refractivity contribution >= 4 is 5.91 Å². The van der Waals surface area contributed by atoms with E-state index in [0.717, 1.165) is 42.9 Å². The average molecular weight is 341 g/mol. The van der Waals surface area contributed by atoms with Crippen LogP contribution in [0.25, 0.3) is 5.69 Å². The molecule has 1 aliphatic rings. The predicted octanol–water partition coefficient (Wildman–Crippen LogP) is 3.11. The second kappa shape index (κ2) is 7.00. The molecule has 1 amide bonds. The summed E-state index contributed by atoms with van der Waals surface area (Å²) in [6.45, 7) is 7.63. The largest absolute Gasteiger partial charge is 0.396 e. The quantitative estimate of drug-likeness (QED) is 0.929. The van der Waals surface area contributed by atoms with Crippen molar-refractivity contribution in [3.8, 4) is 5.69 Å². The molecule has 1 saturated heterocycles. The lowest BCUT2D eigenvalue weighted by molar-refractivity contribution is 0.0251. The van der Waals surface area contributed by atoms with Gasteiger partial charge in [-0.05, 0) is 63.4 Å². The molecule has 1 aliphatic heterocycles. The van der Waals surface area contributed by atoms with Gasteiger partial charge < -0.3 is 10.0 Å². The summed E-state index contributed by atoms with van der Waals surface area (Å²) in [6.07, 6.45) is 2.83. The van der Waals surface area contributed by atoms with Crippen LogP contribution in [-0.4, -0.2) is 45.4 Å². The van der Waals surface area contributed by atoms with Crippen molar-refractivity contribution in [3.63, 3.8) is 0 Å². The average Bonchev–Trinajstić information content (AvgIpc) is 2.99. The summed E-state index contributed by atoms with van der Waals surface area (Å²) < 4.78 is 1.89. The number of aliphatic hydroxyl groups is 1. The number of aryl methyl sites for hydroxylation is 2. The van der Waals surface area contributed by atoms with Crippen molar-refractivity contribution in [2.75, 3.05) is 19.7 Å². The van der Waals surface area contributed by atoms with Gasteiger partial charge in [-0.25, -0.2) is 4.68 Å². The lowest BCUT2D eigenvalue weighted by atomic mass is 9.78. The molecule has 134 valence electrons. The van der Waals surface area contributed by atoms with E-state index in [0.29, 0.717) is 12.1 Å². The highest BCUT2D eigenvalue weighted by Crippen LogP contribution is 2.33. The van der Waals surface area contributed by atoms with E-state index in [9.17, 15) is 9.90 Å². The van der Waals surface area contributed by atoms with Crippen LogP contribution in [0.1, 0.15) is 47.9 Å². The third-order valence-electron chi connectivity index (χ3n) is 5.40. The fraction of sp³-hybridized carbons (Fsp3) is 0.500. The molecule has 1 atom stereocenters. The Morgan fingerprint density at radius 2 is 2.00 bits per heavy atom. The summed E-state index contributed by atoms with van der Waals surface area (Å²) >= 11 is 0. The summed E-state index contributed by atoms with van der Waals surface area (Å²) in [6, 6.07) is 9.65. The minimum atomic E-state index is -0.141. The maximum atomic E-state index is 12.9. The van der Waals surface area contributed by atoms with E-state index >= 15 is 0 Å². The van der Waals surface area contributed by atoms with Crippen molar-refractivity contribution in [1.29, 1.82) is 0 Å². The van der Waals surface area contributed by atoms with Crippen LogP contribution in [0.15, 0.2) is 30.3 Å². The predicted molar refractivity (Wildman–Crippen MR) is 98.0 cm³/mol. The Labute approximate surface area is 149 Å². The number of aromatic nitrogens is 2. The number of benzene rings is 1. The maximum absolute atomic E-state index is 12.9. The lowest BCUT2D eigenvalue weighted by Crippen LogP contribution is -2.47. The van der Waals surface area contributed by atoms with Gasteiger partial charge >= 0.3 is 0 Å². The van der Waals surface area contributed by atoms with E-state index in [4.69, 9.17) is 0 Å². The molecule has 5 nitrogen and oxygen atoms in total. The number of piperidine rings is 1. The number of hydrogen-bond acceptors (Lipinski definition) is 3. The minimum Gasteiger partial charge on any atom is -0.396 e. The molecule has 0 spiro atoms. The smallest absolute Gasteiger partial charge is 0.253 e. The Kier molecular flexibility index (Phi) is 4.95. The fourth-order valence-electron chi connectivity index (χ4n) is 3.73. The summed E-state index contributed by atoms with van der Waals surface area (Å²) in [7, 11) is 0. The van der Waals surface area contributed by atoms with Gasteiger partial charge in [0.1, 0.15) is 0 Å². The Morgan fingerprint density at radius 1 is 1.28 bits per heavy atom. The molecular weight excluding hydrogens is 314 g/mol. The Hall–Kier alpha value is -2.14. The standard InChI is InChI=1S/C20H27N3O2/c1-4-20(14-24)10-5-11-22(13-20)19(25)17-6-8-18(9-7-17)23-16(3)12-15(2)21-23/h6-9,12,24H,4-5,10-11,13-14H2,1-3H3. The Balaban J connectivity index is 1.78. The topological polar surface area (TPSA) is 58.4 Å². The van der Waals surface area contributed by atoms with E-state index in [1.165, 1.54) is 0 Å². The normalized spacial score (nSPS) is 20.7. The molecule has 2 heterocycles. The van der Waals surface area contributed by atoms with E-state index in [1.807, 2.05) is 53.8 Å². The SMILES string of the molecule is CCC1(CO)CCCN(C(=O)c2ccc(-n3nc(C)cc3C)cc2)C1. The van der Waals surface area contributed by atoms with E-state index in [1.54, 1.807) is 0 Å². The summed E-state index contributed by atoms with van der Waals surface area (Å²) in [5, 5.41) is 14.2. The van der Waals surface area contributed by atoms with E-state index in [-0.39, 0.29) is 17.9 Å². The molecule has 2 aromatic rings. The maximum Gasteiger partial charge on any atom is 0.253 e. The van der Waals surface area contributed by atoms with Crippen molar-refractivity contribution < 1.29 is 9.90 Å². The fourth-order valence-corrected chi connectivity index (χ4v) is 3.73. The number of likely N-dealkylation sites (tertiary alicyclic amines) is 1. The van der Waals surface area contributed by atoms with Crippen LogP contribution in [0.4, 0.5) is 0 Å². The van der Waals surface area contributed by atoms with Gasteiger partial charge in [-0.3, -0.25) is 4.79 Å². The van der Waals surface area contributed by atoms with Crippen molar-refractivity contribution in [2.24, 2.45) is 5.41 Å². The van der Waals surface area contributed by atoms with Crippen molar-refractivity contribution in [1.82, 2.24) is 14.7 Å². The third-order valence-corrected chi connectivity index (χ3v) is 5.40. The molecule has 0 aliphatic carbocycles. The number of carbonyl (C=O) groups excluding carboxylic acids is 1. The highest BCUT2D eigenvalue weighted by atomic mass is 16.3. The van der Waals surface area contributed by atoms with Crippen molar-refractivity contribution in [2.45, 2.75) is 40.0 Å². The zero-order valence-electron chi connectivity index (χ0n) is 15.3. The monoisotopic (exact) mass is 341 g/mol. The number of rotatable bonds is 4. The molecule has 0 bridgehead atoms. The first-order valence-corrected chi connectivity index (χ1v) is 9.02. The van der Waals surface area contributed by atoms with Gasteiger partial charge in [0, 0.05) is 29.8 Å². The van der Waals surface area contributed by atoms with Gasteiger partial charge in [0.15, 0.2) is 0 Å². The van der Waals surface area contributed by atoms with Crippen LogP contribution < -0.4 is 0 Å². The summed E-state index contributed by atoms with van der Waals surface area (Å²) in [5.41, 5.74) is 3.56. The number of amides is 1. The molecule has 0 saturated carbocycles. The van der Waals surface area contributed by atoms with Gasteiger partial charge in [0.05, 0.1) is 18.0 Å². The van der Waals surface area contributed by atoms with Crippen LogP contribution in [0.5, 0.6) is 0 Å². The lowest BCUT2D eigenvalue weighted by Gasteiger charge is -2.41. The minimum absolute atomic E-state index is 0.0471. The second-order valence-electron chi connectivity index (χ2n) is 7.23. The number of hydrogen-bond donors (Lipinski definition) is 1. The summed E-state index contributed by atoms with van der Waals surface area (Å²) in [5.74, 6) is 0.0471. The molecule has 0 radical (unpaired) electrons. The molecule has 1 N–H and O–H groups in total. The van der Waals surface area contributed by atoms with Crippen LogP contribution >= 0.6 is 0 Å². The molecule has 1 aromatic heterocycles. The zero-order valence-corrected chi connectivity index (χ0v) is 15.3. The second-order valence-corrected chi connectivity index (χ2v) is 7.23. The molecule has 5 heteroatoms. The molecule has 3 rings (SSSR count). The molecular formula is C20H27N3O2. The number of aliphatic hydroxyl groups excluding tert-OH is 1. The van der Waals surface area contributed by atoms with Gasteiger partial charge in [-0.15, -0.1) is 0 Å². The molecule has 1 fully saturated rings. The van der Waals surface area contributed by atoms with Crippen LogP contribution in [-0.2, 0) is 0 Å². The first-order chi connectivity index (χ1) is 12.0. The summed E-state index contributed by atoms with van der Waals surface area (Å²) in [4.78, 5) is 14.8. The molecule has 25 heavy (non-hydrogen) atoms. The van der Waals surface area contributed by atoms with Gasteiger partial charge in [0.25, 0.3) is 5.91 Å². The van der Waals surface area contributed by atoms with Crippen LogP contribution in [0.3, 0.4) is 0 Å². The first-order valence-electron chi connectivity index (χ1n) is 9.02. The van der Waals surface area contributed by atoms with Crippen molar-refractivity contribution in [3.05, 3.63) is 47.3 Å². The Bertz CT molecular complexity index is 745. The first kappa shape index (κ1) is 17.7. The highest BCUT2D eigenvalue weighted by Gasteiger charge is 2.35. The zero-order chi connectivity index (χ0) is 18.0. The van der Waals surface area contributed by atoms with E-state index < -0.39 is 0 Å². The molecule has 1 unspecified atom stereocenters. The van der Waals surface area contributed by atoms with Crippen LogP contribution in [0, 0.1) is 19.3 Å². The number of carbonyl (C=O) groups is 1. The number of nitrogens with zero attached hydrogens (tertiary/aromatic N) is 3. The van der Waals surface area contributed by atoms with Gasteiger partial charge in [-0.2, -0.15) is 5.10 Å². The molecule has 1 aromatic carbocycles. The van der Waals surface area contributed by atoms with Crippen LogP contribution in [0.2, 0.25) is 0 Å². The Morgan fingerprint density at radius 3 is 2.56 bits per heavy atom.